The first-order valence-corrected chi connectivity index (χ1v) is 54.7. The van der Waals surface area contributed by atoms with Crippen molar-refractivity contribution in [2.45, 2.75) is 428 Å². The standard InChI is InChI=1S/C6H13N3.C6H12N2.C6H13N.C6H14O6P2.C6H10O2.2C6H12.C5H11O3P.2C5H10.5C4H8.C3H6O.C2H6N2.C2H4O.CH5O3P.CH4O3S.CH4/c7-6(8)9-4-5-2-1-3-5;7-6(8)4-5-2-1-3-5;7-5-4-6-2-1-3-6;7-13(8,9)6(14(10,11)12)4-5-2-1-3-5;7-6(8)4-5-2-1-3-5;2*1-2-6-4-3-5-6;6-9(7,8)4-5-2-1-3-5;2*1-5-3-2-4-5;5*1-2-4-3-1;1-3(2)4;1-2(3)4;1-2-3;2*1-5(2,3)4;/h5H,1-4H2,(H4,7,8,9);5H,1-4H2,(H3,7,8);6H,1-5,7H2;5-6H,1-4H2,(H2,7,8,9)(H2,10,11,12);5H,1-4H2,(H,7,8);2*6H,2-5H2,1H3;5H,1-4H2,(H2,6,7,8);2*5H,2-4H2,1H3;5*1-4H2;1-2H3;1H3,(H3,3,4);2H,1H3;1H3,(H2,2,3,4);1H3,(H,2,3,4);1H4/p-1. The largest absolute Gasteiger partial charge is 0.748 e. The lowest BCUT2D eigenvalue weighted by Gasteiger charge is -2.30. The van der Waals surface area contributed by atoms with Crippen molar-refractivity contribution >= 4 is 76.2 Å². The van der Waals surface area contributed by atoms with Crippen molar-refractivity contribution in [1.29, 1.82) is 10.8 Å². The molecule has 0 atom stereocenters. The fourth-order valence-electron chi connectivity index (χ4n) is 10.7. The minimum atomic E-state index is -4.69. The number of rotatable bonds is 16. The third kappa shape index (κ3) is 106. The Kier molecular flexibility index (Phi) is 86.9. The second kappa shape index (κ2) is 81.3. The summed E-state index contributed by atoms with van der Waals surface area (Å²) in [5, 5.41) is 19.7. The van der Waals surface area contributed by atoms with Crippen molar-refractivity contribution in [2.24, 2.45) is 92.8 Å². The molecule has 119 heavy (non-hydrogen) atoms. The predicted molar refractivity (Wildman–Crippen MR) is 496 cm³/mol. The average molecular weight is 1800 g/mol. The maximum absolute atomic E-state index is 10.9. The molecule has 27 nitrogen and oxygen atoms in total. The summed E-state index contributed by atoms with van der Waals surface area (Å²) in [5.41, 5.74) is 25.5. The number of aliphatic imine (C=N–C) groups is 1. The highest BCUT2D eigenvalue weighted by atomic mass is 32.2. The Bertz CT molecular complexity index is 2540. The molecule has 0 bridgehead atoms. The Morgan fingerprint density at radius 3 is 0.756 bits per heavy atom. The minimum Gasteiger partial charge on any atom is -0.748 e. The molecule has 0 heterocycles. The van der Waals surface area contributed by atoms with Crippen LogP contribution in [0.3, 0.4) is 0 Å². The normalized spacial score (nSPS) is 19.4. The van der Waals surface area contributed by atoms with Crippen LogP contribution in [0.2, 0.25) is 0 Å². The summed E-state index contributed by atoms with van der Waals surface area (Å²) in [6.07, 6.45) is 76.1. The summed E-state index contributed by atoms with van der Waals surface area (Å²) in [6.45, 7) is 17.8. The third-order valence-corrected chi connectivity index (χ3v) is 27.4. The van der Waals surface area contributed by atoms with Crippen LogP contribution in [0.5, 0.6) is 0 Å². The molecule has 0 radical (unpaired) electrons. The van der Waals surface area contributed by atoms with Crippen LogP contribution < -0.4 is 28.7 Å². The van der Waals surface area contributed by atoms with Crippen molar-refractivity contribution in [2.75, 3.05) is 32.2 Å². The summed E-state index contributed by atoms with van der Waals surface area (Å²) in [5.74, 6) is 8.04. The van der Waals surface area contributed by atoms with Gasteiger partial charge in [-0.05, 0) is 145 Å². The van der Waals surface area contributed by atoms with Gasteiger partial charge in [0.05, 0.1) is 28.0 Å². The monoisotopic (exact) mass is 1800 g/mol. The van der Waals surface area contributed by atoms with E-state index in [1.165, 1.54) is 317 Å². The van der Waals surface area contributed by atoms with Crippen molar-refractivity contribution in [3.8, 4) is 0 Å². The van der Waals surface area contributed by atoms with Gasteiger partial charge >= 0.3 is 36.4 Å². The van der Waals surface area contributed by atoms with Crippen LogP contribution in [0.1, 0.15) is 422 Å². The van der Waals surface area contributed by atoms with Gasteiger partial charge < -0.3 is 87.1 Å². The molecule has 0 saturated heterocycles. The number of guanidine groups is 1. The Labute approximate surface area is 725 Å². The molecule has 714 valence electrons. The fraction of sp³-hybridized carbons (Fsp3) is 0.931. The number of hydrogen-bond acceptors (Lipinski definition) is 14. The predicted octanol–water partition coefficient (Wildman–Crippen LogP) is 21.5. The summed E-state index contributed by atoms with van der Waals surface area (Å²) in [7, 11) is -20.6. The number of hydrogen-bond donors (Lipinski definition) is 16. The Balaban J connectivity index is -0.000000286. The highest BCUT2D eigenvalue weighted by Crippen LogP contribution is 2.63. The molecule has 0 aromatic rings. The number of carboxylic acids is 1. The maximum atomic E-state index is 10.9. The topological polar surface area (TPSA) is 549 Å². The number of carbonyl (C=O) groups excluding carboxylic acids is 2. The second-order valence-corrected chi connectivity index (χ2v) is 43.9. The summed E-state index contributed by atoms with van der Waals surface area (Å²) in [4.78, 5) is 99.6. The lowest BCUT2D eigenvalue weighted by atomic mass is 9.83. The average Bonchev–Trinajstić information content (AvgIpc) is 0.814. The van der Waals surface area contributed by atoms with E-state index in [2.05, 4.69) is 32.7 Å². The number of aliphatic carboxylic acids is 1. The van der Waals surface area contributed by atoms with E-state index in [4.69, 9.17) is 102 Å². The van der Waals surface area contributed by atoms with Crippen LogP contribution in [-0.4, -0.2) is 130 Å². The number of nitrogens with one attached hydrogen (secondary N) is 2. The van der Waals surface area contributed by atoms with Gasteiger partial charge in [0, 0.05) is 32.3 Å². The number of amidine groups is 2. The molecule has 0 amide bonds. The molecular formula is C87H185N8O19P4S-. The van der Waals surface area contributed by atoms with E-state index in [0.717, 1.165) is 125 Å². The van der Waals surface area contributed by atoms with Crippen LogP contribution >= 0.6 is 30.4 Å². The van der Waals surface area contributed by atoms with Crippen LogP contribution in [0.15, 0.2) is 4.99 Å². The van der Waals surface area contributed by atoms with Gasteiger partial charge in [0.25, 0.3) is 0 Å². The van der Waals surface area contributed by atoms with Crippen molar-refractivity contribution in [3.63, 3.8) is 0 Å². The highest BCUT2D eigenvalue weighted by Gasteiger charge is 2.45. The van der Waals surface area contributed by atoms with Gasteiger partial charge in [-0.3, -0.25) is 38.9 Å². The van der Waals surface area contributed by atoms with Gasteiger partial charge in [-0.25, -0.2) is 8.42 Å². The van der Waals surface area contributed by atoms with Gasteiger partial charge in [-0.1, -0.05) is 330 Å². The van der Waals surface area contributed by atoms with E-state index in [9.17, 15) is 27.8 Å². The minimum absolute atomic E-state index is 0. The maximum Gasteiger partial charge on any atom is 0.340 e. The van der Waals surface area contributed by atoms with Gasteiger partial charge in [0.2, 0.25) is 0 Å². The SMILES string of the molecule is C.C1CCC1.C1CCC1.C1CCC1.C1CCC1.C1CCC1.CC(=N)N.CC(C)=O.CC1CCC1.CC1CCC1.CC=O.CCC1CCC1.CCC1CCC1.CP(=O)(O)O.CS(=O)(=O)[O-].N=C(N)CC1CCC1.NC(N)=NCC1CCC1.NCCC1CCC1.O=C(O)CC1CCC1.O=P(O)(O)C(CC1CCC1)P(=O)(O)O.O=P(O)(O)CC1CCC1. The zero-order valence-electron chi connectivity index (χ0n) is 75.8. The number of carboxylic acid groups (broad SMARTS) is 1. The first-order chi connectivity index (χ1) is 55.1. The Morgan fingerprint density at radius 2 is 0.672 bits per heavy atom. The van der Waals surface area contributed by atoms with E-state index in [0.29, 0.717) is 30.3 Å². The highest BCUT2D eigenvalue weighted by molar-refractivity contribution is 7.84. The molecule has 0 aromatic carbocycles. The van der Waals surface area contributed by atoms with E-state index in [-0.39, 0.29) is 43.5 Å². The van der Waals surface area contributed by atoms with Crippen molar-refractivity contribution in [3.05, 3.63) is 0 Å². The van der Waals surface area contributed by atoms with Gasteiger partial charge in [0.15, 0.2) is 11.4 Å². The molecule has 0 spiro atoms. The summed E-state index contributed by atoms with van der Waals surface area (Å²) >= 11 is 0. The van der Waals surface area contributed by atoms with Crippen molar-refractivity contribution < 1.29 is 89.9 Å². The first-order valence-electron chi connectivity index (χ1n) is 45.7. The van der Waals surface area contributed by atoms with E-state index < -0.39 is 51.9 Å². The molecule has 15 saturated carbocycles. The summed E-state index contributed by atoms with van der Waals surface area (Å²) < 4.78 is 68.6. The zero-order valence-corrected chi connectivity index (χ0v) is 80.2. The molecule has 15 fully saturated rings. The zero-order chi connectivity index (χ0) is 90.9. The first kappa shape index (κ1) is 127. The molecule has 21 N–H and O–H groups in total. The smallest absolute Gasteiger partial charge is 0.340 e. The number of aldehydes is 1. The molecule has 15 rings (SSSR count). The Morgan fingerprint density at radius 1 is 0.462 bits per heavy atom. The second-order valence-electron chi connectivity index (χ2n) is 35.1. The van der Waals surface area contributed by atoms with Gasteiger partial charge in [0.1, 0.15) is 12.1 Å². The third-order valence-electron chi connectivity index (χ3n) is 22.6. The Hall–Kier alpha value is -2.51. The number of ketones is 1. The molecular weight excluding hydrogens is 1620 g/mol. The quantitative estimate of drug-likeness (QED) is 0.0224. The van der Waals surface area contributed by atoms with Gasteiger partial charge in [-0.2, -0.15) is 0 Å². The van der Waals surface area contributed by atoms with E-state index in [1.54, 1.807) is 0 Å². The number of nitrogens with zero attached hydrogens (tertiary/aromatic N) is 1. The summed E-state index contributed by atoms with van der Waals surface area (Å²) in [6, 6.07) is 0. The van der Waals surface area contributed by atoms with E-state index >= 15 is 0 Å². The molecule has 32 heteroatoms. The van der Waals surface area contributed by atoms with Crippen LogP contribution in [0.4, 0.5) is 0 Å². The molecule has 15 aliphatic rings. The molecule has 0 aromatic heterocycles. The van der Waals surface area contributed by atoms with Gasteiger partial charge in [-0.15, -0.1) is 0 Å². The lowest BCUT2D eigenvalue weighted by Crippen LogP contribution is -2.25. The fourth-order valence-corrected chi connectivity index (χ4v) is 14.4. The van der Waals surface area contributed by atoms with Crippen LogP contribution in [0.25, 0.3) is 0 Å². The molecule has 0 unspecified atom stereocenters. The number of Topliss-reactive ketones (excluding diaryl/α,β-unsaturated/α-hetero) is 1. The van der Waals surface area contributed by atoms with E-state index in [1.807, 2.05) is 0 Å². The number of nitrogens with two attached hydrogens (primary N) is 5. The van der Waals surface area contributed by atoms with Crippen LogP contribution in [-0.2, 0) is 42.8 Å². The van der Waals surface area contributed by atoms with Crippen molar-refractivity contribution in [1.82, 2.24) is 0 Å². The lowest BCUT2D eigenvalue weighted by molar-refractivity contribution is -0.138. The molecule has 0 aliphatic heterocycles. The van der Waals surface area contributed by atoms with Crippen LogP contribution in [0, 0.1) is 70.0 Å². The number of carbonyl (C=O) groups is 3. The molecule has 15 aliphatic carbocycles.